The highest BCUT2D eigenvalue weighted by Gasteiger charge is 2.21. The molecule has 0 saturated heterocycles. The van der Waals surface area contributed by atoms with E-state index in [0.29, 0.717) is 15.8 Å². The lowest BCUT2D eigenvalue weighted by Gasteiger charge is -2.20. The van der Waals surface area contributed by atoms with Gasteiger partial charge in [0.05, 0.1) is 18.2 Å². The fraction of sp³-hybridized carbons (Fsp3) is 0.200. The number of nitrogens with one attached hydrogen (secondary N) is 1. The molecule has 1 unspecified atom stereocenters. The lowest BCUT2D eigenvalue weighted by Crippen LogP contribution is -2.19. The first-order chi connectivity index (χ1) is 9.99. The molecule has 0 aliphatic heterocycles. The summed E-state index contributed by atoms with van der Waals surface area (Å²) in [4.78, 5) is 0. The maximum absolute atomic E-state index is 14.5. The third kappa shape index (κ3) is 3.42. The summed E-state index contributed by atoms with van der Waals surface area (Å²) in [6.45, 7) is 0. The van der Waals surface area contributed by atoms with Gasteiger partial charge in [0.15, 0.2) is 0 Å². The van der Waals surface area contributed by atoms with Gasteiger partial charge >= 0.3 is 0 Å². The standard InChI is InChI=1S/C15H13Br2ClFNO/c1-20-15(9-4-6-12(17)13(18)14(9)19)10-7-8(21-2)3-5-11(10)16/h3-7,15,20H,1-2H3. The number of hydrogen-bond donors (Lipinski definition) is 1. The highest BCUT2D eigenvalue weighted by atomic mass is 79.9. The van der Waals surface area contributed by atoms with Crippen molar-refractivity contribution in [1.29, 1.82) is 0 Å². The first kappa shape index (κ1) is 16.7. The highest BCUT2D eigenvalue weighted by Crippen LogP contribution is 2.36. The topological polar surface area (TPSA) is 21.3 Å². The summed E-state index contributed by atoms with van der Waals surface area (Å²) >= 11 is 12.7. The number of halogens is 4. The molecule has 1 N–H and O–H groups in total. The van der Waals surface area contributed by atoms with Crippen molar-refractivity contribution in [3.63, 3.8) is 0 Å². The largest absolute Gasteiger partial charge is 0.497 e. The van der Waals surface area contributed by atoms with Crippen LogP contribution in [-0.4, -0.2) is 14.2 Å². The molecule has 0 saturated carbocycles. The molecule has 0 spiro atoms. The van der Waals surface area contributed by atoms with Gasteiger partial charge in [-0.15, -0.1) is 0 Å². The Balaban J connectivity index is 2.57. The molecule has 0 aliphatic rings. The van der Waals surface area contributed by atoms with E-state index in [0.717, 1.165) is 10.0 Å². The molecule has 2 rings (SSSR count). The Morgan fingerprint density at radius 3 is 2.43 bits per heavy atom. The van der Waals surface area contributed by atoms with Gasteiger partial charge in [-0.2, -0.15) is 0 Å². The second kappa shape index (κ2) is 7.09. The Morgan fingerprint density at radius 2 is 1.81 bits per heavy atom. The summed E-state index contributed by atoms with van der Waals surface area (Å²) in [6, 6.07) is 8.67. The predicted molar refractivity (Wildman–Crippen MR) is 90.7 cm³/mol. The van der Waals surface area contributed by atoms with Crippen molar-refractivity contribution in [2.45, 2.75) is 6.04 Å². The summed E-state index contributed by atoms with van der Waals surface area (Å²) in [5.41, 5.74) is 1.34. The van der Waals surface area contributed by atoms with E-state index < -0.39 is 5.82 Å². The van der Waals surface area contributed by atoms with Crippen molar-refractivity contribution < 1.29 is 9.13 Å². The Kier molecular flexibility index (Phi) is 5.66. The van der Waals surface area contributed by atoms with Gasteiger partial charge in [0, 0.05) is 14.5 Å². The molecule has 0 heterocycles. The van der Waals surface area contributed by atoms with Crippen LogP contribution in [0, 0.1) is 5.82 Å². The zero-order valence-electron chi connectivity index (χ0n) is 11.4. The molecular weight excluding hydrogens is 424 g/mol. The fourth-order valence-electron chi connectivity index (χ4n) is 2.11. The van der Waals surface area contributed by atoms with Crippen LogP contribution in [0.3, 0.4) is 0 Å². The average molecular weight is 438 g/mol. The smallest absolute Gasteiger partial charge is 0.148 e. The first-order valence-corrected chi connectivity index (χ1v) is 8.10. The van der Waals surface area contributed by atoms with E-state index in [9.17, 15) is 4.39 Å². The van der Waals surface area contributed by atoms with Crippen LogP contribution >= 0.6 is 43.5 Å². The van der Waals surface area contributed by atoms with Crippen LogP contribution in [0.4, 0.5) is 4.39 Å². The molecule has 6 heteroatoms. The summed E-state index contributed by atoms with van der Waals surface area (Å²) in [5.74, 6) is 0.261. The number of rotatable bonds is 4. The van der Waals surface area contributed by atoms with Gasteiger partial charge in [0.2, 0.25) is 0 Å². The Bertz CT molecular complexity index is 666. The molecule has 0 aromatic heterocycles. The van der Waals surface area contributed by atoms with E-state index >= 15 is 0 Å². The summed E-state index contributed by atoms with van der Waals surface area (Å²) in [7, 11) is 3.37. The SMILES string of the molecule is CNC(c1cc(OC)ccc1Br)c1ccc(Br)c(Cl)c1F. The predicted octanol–water partition coefficient (Wildman–Crippen LogP) is 5.32. The molecule has 0 aliphatic carbocycles. The van der Waals surface area contributed by atoms with E-state index in [-0.39, 0.29) is 11.1 Å². The lowest BCUT2D eigenvalue weighted by atomic mass is 9.98. The second-order valence-corrected chi connectivity index (χ2v) is 6.46. The van der Waals surface area contributed by atoms with E-state index in [1.807, 2.05) is 18.2 Å². The van der Waals surface area contributed by atoms with E-state index in [1.54, 1.807) is 26.3 Å². The molecule has 0 fully saturated rings. The zero-order chi connectivity index (χ0) is 15.6. The minimum Gasteiger partial charge on any atom is -0.497 e. The third-order valence-corrected chi connectivity index (χ3v) is 5.16. The van der Waals surface area contributed by atoms with Gasteiger partial charge in [0.25, 0.3) is 0 Å². The van der Waals surface area contributed by atoms with Crippen LogP contribution in [0.1, 0.15) is 17.2 Å². The van der Waals surface area contributed by atoms with Gasteiger partial charge in [-0.1, -0.05) is 33.6 Å². The van der Waals surface area contributed by atoms with E-state index in [1.165, 1.54) is 0 Å². The number of hydrogen-bond acceptors (Lipinski definition) is 2. The number of benzene rings is 2. The monoisotopic (exact) mass is 435 g/mol. The molecule has 21 heavy (non-hydrogen) atoms. The lowest BCUT2D eigenvalue weighted by molar-refractivity contribution is 0.413. The molecule has 0 bridgehead atoms. The van der Waals surface area contributed by atoms with Crippen molar-refractivity contribution in [3.05, 3.63) is 61.2 Å². The summed E-state index contributed by atoms with van der Waals surface area (Å²) in [6.07, 6.45) is 0. The van der Waals surface area contributed by atoms with Gasteiger partial charge in [-0.05, 0) is 52.8 Å². The van der Waals surface area contributed by atoms with Gasteiger partial charge in [-0.3, -0.25) is 0 Å². The molecule has 0 amide bonds. The van der Waals surface area contributed by atoms with E-state index in [2.05, 4.69) is 37.2 Å². The quantitative estimate of drug-likeness (QED) is 0.654. The van der Waals surface area contributed by atoms with Gasteiger partial charge in [-0.25, -0.2) is 4.39 Å². The van der Waals surface area contributed by atoms with E-state index in [4.69, 9.17) is 16.3 Å². The summed E-state index contributed by atoms with van der Waals surface area (Å²) < 4.78 is 21.1. The molecule has 0 radical (unpaired) electrons. The number of ether oxygens (including phenoxy) is 1. The Morgan fingerprint density at radius 1 is 1.14 bits per heavy atom. The zero-order valence-corrected chi connectivity index (χ0v) is 15.3. The van der Waals surface area contributed by atoms with Gasteiger partial charge < -0.3 is 10.1 Å². The van der Waals surface area contributed by atoms with Crippen LogP contribution in [0.2, 0.25) is 5.02 Å². The van der Waals surface area contributed by atoms with Crippen molar-refractivity contribution in [1.82, 2.24) is 5.32 Å². The molecule has 112 valence electrons. The maximum atomic E-state index is 14.5. The molecular formula is C15H13Br2ClFNO. The van der Waals surface area contributed by atoms with Crippen LogP contribution in [-0.2, 0) is 0 Å². The molecule has 2 aromatic rings. The van der Waals surface area contributed by atoms with Gasteiger partial charge in [0.1, 0.15) is 11.6 Å². The second-order valence-electron chi connectivity index (χ2n) is 4.37. The normalized spacial score (nSPS) is 12.3. The van der Waals surface area contributed by atoms with Crippen LogP contribution in [0.25, 0.3) is 0 Å². The minimum atomic E-state index is -0.444. The Labute approximate surface area is 144 Å². The van der Waals surface area contributed by atoms with Crippen molar-refractivity contribution in [2.75, 3.05) is 14.2 Å². The van der Waals surface area contributed by atoms with Crippen molar-refractivity contribution in [3.8, 4) is 5.75 Å². The fourth-order valence-corrected chi connectivity index (χ4v) is 3.07. The van der Waals surface area contributed by atoms with Crippen LogP contribution < -0.4 is 10.1 Å². The third-order valence-electron chi connectivity index (χ3n) is 3.18. The van der Waals surface area contributed by atoms with Crippen molar-refractivity contribution in [2.24, 2.45) is 0 Å². The first-order valence-electron chi connectivity index (χ1n) is 6.13. The average Bonchev–Trinajstić information content (AvgIpc) is 2.49. The molecule has 1 atom stereocenters. The minimum absolute atomic E-state index is 0.0757. The van der Waals surface area contributed by atoms with Crippen LogP contribution in [0.5, 0.6) is 5.75 Å². The van der Waals surface area contributed by atoms with Crippen molar-refractivity contribution >= 4 is 43.5 Å². The highest BCUT2D eigenvalue weighted by molar-refractivity contribution is 9.10. The molecule has 2 aromatic carbocycles. The Hall–Kier alpha value is -0.620. The maximum Gasteiger partial charge on any atom is 0.148 e. The van der Waals surface area contributed by atoms with Crippen LogP contribution in [0.15, 0.2) is 39.3 Å². The molecule has 2 nitrogen and oxygen atoms in total. The summed E-state index contributed by atoms with van der Waals surface area (Å²) in [5, 5.41) is 3.19. The number of methoxy groups -OCH3 is 1.